The molecule has 0 bridgehead atoms. The minimum Gasteiger partial charge on any atom is -0.465 e. The number of nitrogens with zero attached hydrogens (tertiary/aromatic N) is 1. The van der Waals surface area contributed by atoms with E-state index in [2.05, 4.69) is 4.18 Å². The molecule has 0 radical (unpaired) electrons. The summed E-state index contributed by atoms with van der Waals surface area (Å²) in [4.78, 5) is 12.3. The molecule has 0 aliphatic carbocycles. The van der Waals surface area contributed by atoms with Crippen LogP contribution >= 0.6 is 0 Å². The Morgan fingerprint density at radius 3 is 2.22 bits per heavy atom. The fraction of sp³-hybridized carbons (Fsp3) is 0.909. The van der Waals surface area contributed by atoms with Gasteiger partial charge in [0.2, 0.25) is 0 Å². The Morgan fingerprint density at radius 1 is 1.28 bits per heavy atom. The van der Waals surface area contributed by atoms with Crippen molar-refractivity contribution >= 4 is 16.2 Å². The zero-order chi connectivity index (χ0) is 14.4. The molecule has 0 aromatic rings. The maximum Gasteiger partial charge on any atom is 0.407 e. The molecule has 1 N–H and O–H groups in total. The summed E-state index contributed by atoms with van der Waals surface area (Å²) in [6, 6.07) is 0. The van der Waals surface area contributed by atoms with Gasteiger partial charge in [0.15, 0.2) is 0 Å². The molecule has 0 spiro atoms. The fourth-order valence-electron chi connectivity index (χ4n) is 1.43. The molecule has 0 rings (SSSR count). The lowest BCUT2D eigenvalue weighted by molar-refractivity contribution is 0.124. The molecule has 0 aliphatic rings. The summed E-state index contributed by atoms with van der Waals surface area (Å²) in [6.45, 7) is 6.85. The van der Waals surface area contributed by atoms with Crippen LogP contribution in [0.3, 0.4) is 0 Å². The van der Waals surface area contributed by atoms with Crippen molar-refractivity contribution in [1.82, 2.24) is 4.90 Å². The second-order valence-corrected chi connectivity index (χ2v) is 7.14. The van der Waals surface area contributed by atoms with Crippen LogP contribution in [0.4, 0.5) is 4.79 Å². The van der Waals surface area contributed by atoms with Gasteiger partial charge in [-0.3, -0.25) is 4.18 Å². The highest BCUT2D eigenvalue weighted by molar-refractivity contribution is 7.85. The van der Waals surface area contributed by atoms with Crippen LogP contribution in [0.25, 0.3) is 0 Å². The van der Waals surface area contributed by atoms with Crippen LogP contribution in [0.15, 0.2) is 0 Å². The minimum atomic E-state index is -3.40. The van der Waals surface area contributed by atoms with Crippen LogP contribution < -0.4 is 0 Å². The van der Waals surface area contributed by atoms with Gasteiger partial charge in [-0.1, -0.05) is 20.8 Å². The van der Waals surface area contributed by atoms with E-state index in [-0.39, 0.29) is 12.0 Å². The highest BCUT2D eigenvalue weighted by atomic mass is 32.2. The third kappa shape index (κ3) is 10.3. The molecule has 0 aliphatic heterocycles. The maximum absolute atomic E-state index is 11.0. The number of hydrogen-bond acceptors (Lipinski definition) is 4. The summed E-state index contributed by atoms with van der Waals surface area (Å²) < 4.78 is 26.0. The van der Waals surface area contributed by atoms with E-state index in [1.54, 1.807) is 0 Å². The molecule has 18 heavy (non-hydrogen) atoms. The summed E-state index contributed by atoms with van der Waals surface area (Å²) in [6.07, 6.45) is 1.14. The molecule has 108 valence electrons. The first-order valence-corrected chi connectivity index (χ1v) is 7.65. The molecule has 0 saturated carbocycles. The van der Waals surface area contributed by atoms with Crippen molar-refractivity contribution < 1.29 is 22.5 Å². The topological polar surface area (TPSA) is 83.9 Å². The fourth-order valence-corrected chi connectivity index (χ4v) is 1.85. The Balaban J connectivity index is 3.96. The van der Waals surface area contributed by atoms with Crippen LogP contribution in [0.5, 0.6) is 0 Å². The molecule has 0 saturated heterocycles. The first-order chi connectivity index (χ1) is 8.01. The quantitative estimate of drug-likeness (QED) is 0.568. The maximum atomic E-state index is 11.0. The van der Waals surface area contributed by atoms with Gasteiger partial charge in [0, 0.05) is 13.1 Å². The lowest BCUT2D eigenvalue weighted by Gasteiger charge is -2.27. The monoisotopic (exact) mass is 281 g/mol. The van der Waals surface area contributed by atoms with E-state index in [4.69, 9.17) is 5.11 Å². The van der Waals surface area contributed by atoms with Gasteiger partial charge < -0.3 is 10.0 Å². The third-order valence-electron chi connectivity index (χ3n) is 2.06. The summed E-state index contributed by atoms with van der Waals surface area (Å²) in [5, 5.41) is 9.02. The van der Waals surface area contributed by atoms with Crippen molar-refractivity contribution in [2.75, 3.05) is 26.0 Å². The van der Waals surface area contributed by atoms with Crippen LogP contribution in [0.1, 0.15) is 33.6 Å². The number of hydrogen-bond donors (Lipinski definition) is 1. The molecule has 6 nitrogen and oxygen atoms in total. The average Bonchev–Trinajstić information content (AvgIpc) is 2.11. The van der Waals surface area contributed by atoms with Gasteiger partial charge in [0.05, 0.1) is 12.9 Å². The van der Waals surface area contributed by atoms with Gasteiger partial charge in [-0.2, -0.15) is 8.42 Å². The van der Waals surface area contributed by atoms with E-state index in [1.165, 1.54) is 4.90 Å². The molecule has 0 fully saturated rings. The van der Waals surface area contributed by atoms with Gasteiger partial charge in [-0.25, -0.2) is 4.79 Å². The molecular formula is C11H23NO5S. The van der Waals surface area contributed by atoms with Crippen LogP contribution in [0, 0.1) is 5.41 Å². The zero-order valence-electron chi connectivity index (χ0n) is 11.5. The van der Waals surface area contributed by atoms with Crippen molar-refractivity contribution in [1.29, 1.82) is 0 Å². The molecule has 0 heterocycles. The van der Waals surface area contributed by atoms with Gasteiger partial charge in [0.25, 0.3) is 10.1 Å². The Labute approximate surface area is 109 Å². The van der Waals surface area contributed by atoms with Crippen molar-refractivity contribution in [3.05, 3.63) is 0 Å². The first-order valence-electron chi connectivity index (χ1n) is 5.83. The lowest BCUT2D eigenvalue weighted by Crippen LogP contribution is -2.37. The molecule has 0 aromatic carbocycles. The third-order valence-corrected chi connectivity index (χ3v) is 2.65. The zero-order valence-corrected chi connectivity index (χ0v) is 12.3. The largest absolute Gasteiger partial charge is 0.465 e. The van der Waals surface area contributed by atoms with Crippen LogP contribution in [-0.4, -0.2) is 50.5 Å². The predicted octanol–water partition coefficient (Wildman–Crippen LogP) is 1.77. The van der Waals surface area contributed by atoms with E-state index < -0.39 is 16.2 Å². The second-order valence-electron chi connectivity index (χ2n) is 5.50. The van der Waals surface area contributed by atoms with Gasteiger partial charge >= 0.3 is 6.09 Å². The second kappa shape index (κ2) is 6.94. The number of carbonyl (C=O) groups is 1. The molecule has 1 amide bonds. The SMILES string of the molecule is CC(C)(C)CN(CCCCOS(C)(=O)=O)C(=O)O. The van der Waals surface area contributed by atoms with Crippen LogP contribution in [-0.2, 0) is 14.3 Å². The van der Waals surface area contributed by atoms with E-state index in [0.29, 0.717) is 25.9 Å². The normalized spacial score (nSPS) is 12.4. The summed E-state index contributed by atoms with van der Waals surface area (Å²) in [7, 11) is -3.40. The van der Waals surface area contributed by atoms with Crippen molar-refractivity contribution in [2.45, 2.75) is 33.6 Å². The number of carboxylic acid groups (broad SMARTS) is 1. The van der Waals surface area contributed by atoms with Crippen LogP contribution in [0.2, 0.25) is 0 Å². The summed E-state index contributed by atoms with van der Waals surface area (Å²) in [5.74, 6) is 0. The standard InChI is InChI=1S/C11H23NO5S/c1-11(2,3)9-12(10(13)14)7-5-6-8-17-18(4,15)16/h5-9H2,1-4H3,(H,13,14). The number of rotatable bonds is 7. The smallest absolute Gasteiger partial charge is 0.407 e. The Kier molecular flexibility index (Phi) is 6.62. The Morgan fingerprint density at radius 2 is 1.83 bits per heavy atom. The van der Waals surface area contributed by atoms with Gasteiger partial charge in [-0.05, 0) is 18.3 Å². The van der Waals surface area contributed by atoms with Crippen molar-refractivity contribution in [3.63, 3.8) is 0 Å². The summed E-state index contributed by atoms with van der Waals surface area (Å²) in [5.41, 5.74) is -0.0956. The molecule has 0 atom stereocenters. The highest BCUT2D eigenvalue weighted by Crippen LogP contribution is 2.15. The van der Waals surface area contributed by atoms with Gasteiger partial charge in [-0.15, -0.1) is 0 Å². The molecule has 0 unspecified atom stereocenters. The highest BCUT2D eigenvalue weighted by Gasteiger charge is 2.19. The van der Waals surface area contributed by atoms with E-state index in [0.717, 1.165) is 6.26 Å². The molecule has 7 heteroatoms. The lowest BCUT2D eigenvalue weighted by atomic mass is 9.96. The predicted molar refractivity (Wildman–Crippen MR) is 69.1 cm³/mol. The van der Waals surface area contributed by atoms with E-state index >= 15 is 0 Å². The molecular weight excluding hydrogens is 258 g/mol. The van der Waals surface area contributed by atoms with Crippen molar-refractivity contribution in [3.8, 4) is 0 Å². The Hall–Kier alpha value is -0.820. The minimum absolute atomic E-state index is 0.0956. The van der Waals surface area contributed by atoms with E-state index in [1.807, 2.05) is 20.8 Å². The first kappa shape index (κ1) is 17.2. The van der Waals surface area contributed by atoms with Crippen molar-refractivity contribution in [2.24, 2.45) is 5.41 Å². The summed E-state index contributed by atoms with van der Waals surface area (Å²) >= 11 is 0. The van der Waals surface area contributed by atoms with Gasteiger partial charge in [0.1, 0.15) is 0 Å². The number of amides is 1. The average molecular weight is 281 g/mol. The van der Waals surface area contributed by atoms with E-state index in [9.17, 15) is 13.2 Å². The molecule has 0 aromatic heterocycles. The Bertz CT molecular complexity index is 358. The number of unbranched alkanes of at least 4 members (excludes halogenated alkanes) is 1.